The molecule has 198 valence electrons. The van der Waals surface area contributed by atoms with Crippen LogP contribution in [0.3, 0.4) is 0 Å². The van der Waals surface area contributed by atoms with Crippen LogP contribution in [0.4, 0.5) is 0 Å². The van der Waals surface area contributed by atoms with Gasteiger partial charge in [0.15, 0.2) is 5.69 Å². The molecule has 1 atom stereocenters. The van der Waals surface area contributed by atoms with Gasteiger partial charge in [0.2, 0.25) is 5.60 Å². The van der Waals surface area contributed by atoms with Gasteiger partial charge < -0.3 is 15.2 Å². The Labute approximate surface area is 219 Å². The number of hydrogen-bond donors (Lipinski definition) is 2. The smallest absolute Gasteiger partial charge is 0.347 e. The van der Waals surface area contributed by atoms with E-state index in [1.165, 1.54) is 5.56 Å². The second-order valence-corrected chi connectivity index (χ2v) is 11.0. The highest BCUT2D eigenvalue weighted by atomic mass is 16.5. The molecule has 0 bridgehead atoms. The number of nitrogens with one attached hydrogen (secondary N) is 1. The molecule has 37 heavy (non-hydrogen) atoms. The first-order valence-corrected chi connectivity index (χ1v) is 12.7. The fourth-order valence-corrected chi connectivity index (χ4v) is 4.47. The quantitative estimate of drug-likeness (QED) is 0.375. The molecule has 1 heterocycles. The summed E-state index contributed by atoms with van der Waals surface area (Å²) < 4.78 is 7.72. The number of ether oxygens (including phenoxy) is 1. The van der Waals surface area contributed by atoms with Crippen molar-refractivity contribution < 1.29 is 19.4 Å². The molecular weight excluding hydrogens is 466 g/mol. The average Bonchev–Trinajstić information content (AvgIpc) is 3.21. The van der Waals surface area contributed by atoms with Gasteiger partial charge in [-0.15, -0.1) is 0 Å². The van der Waals surface area contributed by atoms with Gasteiger partial charge in [-0.3, -0.25) is 9.48 Å². The number of nitrogens with zero attached hydrogens (tertiary/aromatic N) is 2. The molecule has 0 aliphatic carbocycles. The molecule has 0 saturated heterocycles. The van der Waals surface area contributed by atoms with Crippen LogP contribution >= 0.6 is 0 Å². The maximum Gasteiger partial charge on any atom is 0.347 e. The van der Waals surface area contributed by atoms with Crippen LogP contribution in [0.2, 0.25) is 0 Å². The van der Waals surface area contributed by atoms with Gasteiger partial charge in [-0.2, -0.15) is 5.10 Å². The molecule has 3 aromatic rings. The molecule has 0 fully saturated rings. The second-order valence-electron chi connectivity index (χ2n) is 11.0. The number of carboxylic acid groups (broad SMARTS) is 1. The van der Waals surface area contributed by atoms with Gasteiger partial charge in [0.1, 0.15) is 5.75 Å². The third kappa shape index (κ3) is 6.40. The van der Waals surface area contributed by atoms with Crippen molar-refractivity contribution in [3.05, 3.63) is 70.4 Å². The molecule has 1 aromatic heterocycles. The van der Waals surface area contributed by atoms with Crippen LogP contribution in [-0.2, 0) is 23.8 Å². The first-order chi connectivity index (χ1) is 17.2. The Balaban J connectivity index is 1.72. The molecule has 2 aromatic carbocycles. The van der Waals surface area contributed by atoms with E-state index in [2.05, 4.69) is 55.5 Å². The number of aryl methyl sites for hydroxylation is 3. The van der Waals surface area contributed by atoms with Crippen LogP contribution in [0.25, 0.3) is 11.3 Å². The lowest BCUT2D eigenvalue weighted by Gasteiger charge is -2.28. The predicted octanol–water partition coefficient (Wildman–Crippen LogP) is 5.95. The van der Waals surface area contributed by atoms with Gasteiger partial charge in [-0.1, -0.05) is 70.5 Å². The number of rotatable bonds is 9. The molecule has 0 spiro atoms. The van der Waals surface area contributed by atoms with Gasteiger partial charge in [0.05, 0.1) is 5.69 Å². The predicted molar refractivity (Wildman–Crippen MR) is 146 cm³/mol. The summed E-state index contributed by atoms with van der Waals surface area (Å²) in [4.78, 5) is 24.7. The van der Waals surface area contributed by atoms with Gasteiger partial charge in [0, 0.05) is 13.6 Å². The van der Waals surface area contributed by atoms with E-state index in [-0.39, 0.29) is 11.3 Å². The van der Waals surface area contributed by atoms with Crippen molar-refractivity contribution >= 4 is 11.9 Å². The van der Waals surface area contributed by atoms with Crippen molar-refractivity contribution in [2.24, 2.45) is 7.05 Å². The summed E-state index contributed by atoms with van der Waals surface area (Å²) >= 11 is 0. The van der Waals surface area contributed by atoms with E-state index in [1.54, 1.807) is 17.7 Å². The van der Waals surface area contributed by atoms with Gasteiger partial charge >= 0.3 is 5.97 Å². The first kappa shape index (κ1) is 28.0. The minimum Gasteiger partial charge on any atom is -0.478 e. The zero-order valence-corrected chi connectivity index (χ0v) is 23.2. The van der Waals surface area contributed by atoms with Crippen molar-refractivity contribution in [3.63, 3.8) is 0 Å². The van der Waals surface area contributed by atoms with Gasteiger partial charge in [-0.25, -0.2) is 4.79 Å². The number of benzene rings is 2. The van der Waals surface area contributed by atoms with Crippen molar-refractivity contribution in [1.82, 2.24) is 15.1 Å². The fourth-order valence-electron chi connectivity index (χ4n) is 4.47. The molecular formula is C30H39N3O4. The van der Waals surface area contributed by atoms with Crippen LogP contribution in [0.5, 0.6) is 5.75 Å². The monoisotopic (exact) mass is 505 g/mol. The van der Waals surface area contributed by atoms with Gasteiger partial charge in [-0.05, 0) is 66.5 Å². The number of hydrogen-bond acceptors (Lipinski definition) is 4. The van der Waals surface area contributed by atoms with Crippen LogP contribution in [0, 0.1) is 13.8 Å². The third-order valence-corrected chi connectivity index (χ3v) is 6.64. The van der Waals surface area contributed by atoms with E-state index >= 15 is 0 Å². The zero-order valence-electron chi connectivity index (χ0n) is 23.2. The molecule has 0 radical (unpaired) electrons. The highest BCUT2D eigenvalue weighted by Crippen LogP contribution is 2.31. The summed E-state index contributed by atoms with van der Waals surface area (Å²) in [5, 5.41) is 17.0. The Bertz CT molecular complexity index is 1260. The minimum absolute atomic E-state index is 0.0719. The number of carbonyl (C=O) groups is 2. The fraction of sp³-hybridized carbons (Fsp3) is 0.433. The van der Waals surface area contributed by atoms with Crippen molar-refractivity contribution in [1.29, 1.82) is 0 Å². The van der Waals surface area contributed by atoms with E-state index in [0.717, 1.165) is 27.9 Å². The van der Waals surface area contributed by atoms with Crippen LogP contribution in [0.1, 0.15) is 80.2 Å². The maximum absolute atomic E-state index is 12.9. The number of aliphatic carboxylic acids is 1. The second kappa shape index (κ2) is 10.8. The minimum atomic E-state index is -1.29. The molecule has 1 unspecified atom stereocenters. The summed E-state index contributed by atoms with van der Waals surface area (Å²) in [6, 6.07) is 14.0. The summed E-state index contributed by atoms with van der Waals surface area (Å²) in [6.45, 7) is 14.2. The molecule has 0 aliphatic heterocycles. The molecule has 7 nitrogen and oxygen atoms in total. The number of carbonyl (C=O) groups excluding carboxylic acids is 1. The highest BCUT2D eigenvalue weighted by Gasteiger charge is 2.35. The summed E-state index contributed by atoms with van der Waals surface area (Å²) in [5.41, 5.74) is 4.80. The number of aromatic nitrogens is 2. The first-order valence-electron chi connectivity index (χ1n) is 12.7. The largest absolute Gasteiger partial charge is 0.478 e. The lowest BCUT2D eigenvalue weighted by molar-refractivity contribution is -0.154. The molecule has 3 rings (SSSR count). The maximum atomic E-state index is 12.9. The molecule has 0 aliphatic rings. The van der Waals surface area contributed by atoms with E-state index < -0.39 is 11.6 Å². The van der Waals surface area contributed by atoms with Crippen molar-refractivity contribution in [3.8, 4) is 17.0 Å². The third-order valence-electron chi connectivity index (χ3n) is 6.64. The number of amides is 1. The van der Waals surface area contributed by atoms with Crippen LogP contribution < -0.4 is 10.1 Å². The highest BCUT2D eigenvalue weighted by molar-refractivity contribution is 5.93. The SMILES string of the molecule is CCCC(C)(Oc1c(C)cc(CNC(=O)c2cc(-c3ccc(C(C)(C)C)cc3)n(C)n2)cc1C)C(=O)O. The standard InChI is InChI=1S/C30H39N3O4/c1-9-14-30(7,28(35)36)37-26-19(2)15-21(16-20(26)3)18-31-27(34)24-17-25(33(8)32-24)22-10-12-23(13-11-22)29(4,5)6/h10-13,15-17H,9,14,18H2,1-8H3,(H,31,34)(H,35,36). The Morgan fingerprint density at radius 2 is 1.62 bits per heavy atom. The van der Waals surface area contributed by atoms with E-state index in [9.17, 15) is 14.7 Å². The Morgan fingerprint density at radius 3 is 2.14 bits per heavy atom. The lowest BCUT2D eigenvalue weighted by Crippen LogP contribution is -2.41. The molecule has 2 N–H and O–H groups in total. The van der Waals surface area contributed by atoms with E-state index in [1.807, 2.05) is 40.0 Å². The van der Waals surface area contributed by atoms with Crippen molar-refractivity contribution in [2.45, 2.75) is 78.9 Å². The summed E-state index contributed by atoms with van der Waals surface area (Å²) in [6.07, 6.45) is 1.11. The van der Waals surface area contributed by atoms with Gasteiger partial charge in [0.25, 0.3) is 5.91 Å². The molecule has 1 amide bonds. The Hall–Kier alpha value is -3.61. The zero-order chi connectivity index (χ0) is 27.5. The topological polar surface area (TPSA) is 93.5 Å². The van der Waals surface area contributed by atoms with Crippen LogP contribution in [0.15, 0.2) is 42.5 Å². The Kier molecular flexibility index (Phi) is 8.16. The lowest BCUT2D eigenvalue weighted by atomic mass is 9.86. The summed E-state index contributed by atoms with van der Waals surface area (Å²) in [5.74, 6) is -0.671. The molecule has 7 heteroatoms. The van der Waals surface area contributed by atoms with Crippen molar-refractivity contribution in [2.75, 3.05) is 0 Å². The Morgan fingerprint density at radius 1 is 1.03 bits per heavy atom. The normalized spacial score (nSPS) is 13.2. The van der Waals surface area contributed by atoms with E-state index in [0.29, 0.717) is 30.8 Å². The molecule has 0 saturated carbocycles. The number of carboxylic acids is 1. The summed E-state index contributed by atoms with van der Waals surface area (Å²) in [7, 11) is 1.83. The van der Waals surface area contributed by atoms with E-state index in [4.69, 9.17) is 4.74 Å². The average molecular weight is 506 g/mol. The van der Waals surface area contributed by atoms with Crippen LogP contribution in [-0.4, -0.2) is 32.4 Å².